The number of aliphatic hydroxyl groups is 1. The van der Waals surface area contributed by atoms with Crippen LogP contribution in [0.4, 0.5) is 5.69 Å². The fraction of sp³-hybridized carbons (Fsp3) is 0.545. The molecule has 0 aromatic heterocycles. The van der Waals surface area contributed by atoms with E-state index in [1.165, 1.54) is 11.1 Å². The molecule has 2 heterocycles. The van der Waals surface area contributed by atoms with Crippen molar-refractivity contribution in [2.75, 3.05) is 24.6 Å². The first-order chi connectivity index (χ1) is 19.9. The molecule has 0 saturated heterocycles. The molecule has 1 amide bonds. The first kappa shape index (κ1) is 29.5. The van der Waals surface area contributed by atoms with Crippen molar-refractivity contribution in [2.45, 2.75) is 75.6 Å². The highest BCUT2D eigenvalue weighted by Crippen LogP contribution is 2.48. The molecule has 6 rings (SSSR count). The monoisotopic (exact) mass is 612 g/mol. The summed E-state index contributed by atoms with van der Waals surface area (Å²) in [6.45, 7) is 7.23. The van der Waals surface area contributed by atoms with Crippen LogP contribution in [0.15, 0.2) is 48.6 Å². The number of aryl methyl sites for hydroxylation is 1. The van der Waals surface area contributed by atoms with Crippen LogP contribution in [0.5, 0.6) is 5.75 Å². The fourth-order valence-corrected chi connectivity index (χ4v) is 9.00. The summed E-state index contributed by atoms with van der Waals surface area (Å²) in [5, 5.41) is 11.5. The van der Waals surface area contributed by atoms with Crippen molar-refractivity contribution in [2.24, 2.45) is 17.8 Å². The summed E-state index contributed by atoms with van der Waals surface area (Å²) in [6.07, 6.45) is 9.12. The standard InChI is InChI=1S/C33H41ClN2O5S/c1-21-6-4-14-32(3,38)27-11-8-25(27)18-36-19-33(15-5-7-23-16-26(34)10-12-28(23)33)20-41-30-13-9-24(17-29(30)36)31(37)35-42(39,40)22(21)2/h4,9-10,12-14,16-17,21-22,25,27,38H,5-8,11,15,18-20H2,1-3H3,(H,35,37)/b14-4+/t21-,22+,25-,27+,32-,33-/m0/s1. The highest BCUT2D eigenvalue weighted by molar-refractivity contribution is 7.90. The second-order valence-corrected chi connectivity index (χ2v) is 15.7. The Morgan fingerprint density at radius 3 is 2.71 bits per heavy atom. The Morgan fingerprint density at radius 1 is 1.14 bits per heavy atom. The number of rotatable bonds is 0. The molecule has 226 valence electrons. The van der Waals surface area contributed by atoms with Gasteiger partial charge in [-0.25, -0.2) is 13.1 Å². The minimum Gasteiger partial charge on any atom is -0.490 e. The number of amides is 1. The number of hydrogen-bond acceptors (Lipinski definition) is 6. The van der Waals surface area contributed by atoms with Crippen LogP contribution in [0.3, 0.4) is 0 Å². The second kappa shape index (κ2) is 10.9. The zero-order chi connectivity index (χ0) is 29.9. The van der Waals surface area contributed by atoms with Crippen LogP contribution in [-0.2, 0) is 21.9 Å². The molecule has 0 radical (unpaired) electrons. The first-order valence-electron chi connectivity index (χ1n) is 15.2. The van der Waals surface area contributed by atoms with E-state index in [2.05, 4.69) is 21.8 Å². The van der Waals surface area contributed by atoms with Crippen molar-refractivity contribution in [3.05, 3.63) is 70.3 Å². The molecular formula is C33H41ClN2O5S. The molecule has 1 saturated carbocycles. The van der Waals surface area contributed by atoms with Crippen LogP contribution in [0, 0.1) is 17.8 Å². The lowest BCUT2D eigenvalue weighted by molar-refractivity contribution is -0.0314. The first-order valence-corrected chi connectivity index (χ1v) is 17.1. The summed E-state index contributed by atoms with van der Waals surface area (Å²) < 4.78 is 35.2. The van der Waals surface area contributed by atoms with Gasteiger partial charge in [0.05, 0.1) is 23.1 Å². The van der Waals surface area contributed by atoms with Crippen LogP contribution < -0.4 is 14.4 Å². The highest BCUT2D eigenvalue weighted by atomic mass is 35.5. The number of sulfonamides is 1. The minimum atomic E-state index is -3.93. The van der Waals surface area contributed by atoms with Gasteiger partial charge in [0.15, 0.2) is 0 Å². The molecule has 1 fully saturated rings. The molecule has 0 unspecified atom stereocenters. The number of nitrogens with zero attached hydrogens (tertiary/aromatic N) is 1. The fourth-order valence-electron chi connectivity index (χ4n) is 7.52. The topological polar surface area (TPSA) is 95.9 Å². The lowest BCUT2D eigenvalue weighted by Gasteiger charge is -2.48. The van der Waals surface area contributed by atoms with Crippen molar-refractivity contribution in [3.63, 3.8) is 0 Å². The third-order valence-corrected chi connectivity index (χ3v) is 12.6. The number of anilines is 1. The van der Waals surface area contributed by atoms with Crippen LogP contribution in [0.1, 0.15) is 74.4 Å². The molecule has 2 bridgehead atoms. The van der Waals surface area contributed by atoms with Gasteiger partial charge in [0.1, 0.15) is 5.75 Å². The van der Waals surface area contributed by atoms with Gasteiger partial charge in [-0.3, -0.25) is 4.79 Å². The van der Waals surface area contributed by atoms with Gasteiger partial charge in [0, 0.05) is 29.1 Å². The van der Waals surface area contributed by atoms with Crippen molar-refractivity contribution in [1.82, 2.24) is 4.72 Å². The summed E-state index contributed by atoms with van der Waals surface area (Å²) in [7, 11) is -3.93. The Hall–Kier alpha value is -2.55. The number of nitrogens with one attached hydrogen (secondary N) is 1. The van der Waals surface area contributed by atoms with E-state index in [9.17, 15) is 18.3 Å². The molecule has 6 atom stereocenters. The number of hydrogen-bond donors (Lipinski definition) is 2. The predicted octanol–water partition coefficient (Wildman–Crippen LogP) is 5.63. The van der Waals surface area contributed by atoms with E-state index in [1.807, 2.05) is 32.1 Å². The number of ether oxygens (including phenoxy) is 1. The maximum absolute atomic E-state index is 13.3. The van der Waals surface area contributed by atoms with Gasteiger partial charge < -0.3 is 14.7 Å². The van der Waals surface area contributed by atoms with Gasteiger partial charge in [-0.1, -0.05) is 36.7 Å². The number of halogens is 1. The lowest BCUT2D eigenvalue weighted by atomic mass is 9.64. The van der Waals surface area contributed by atoms with E-state index in [4.69, 9.17) is 16.3 Å². The number of benzene rings is 2. The number of carbonyl (C=O) groups is 1. The number of carbonyl (C=O) groups excluding carboxylic acids is 1. The van der Waals surface area contributed by atoms with Gasteiger partial charge in [-0.05, 0) is 112 Å². The van der Waals surface area contributed by atoms with Gasteiger partial charge in [0.25, 0.3) is 5.91 Å². The molecule has 9 heteroatoms. The van der Waals surface area contributed by atoms with Crippen LogP contribution in [-0.4, -0.2) is 50.0 Å². The number of allylic oxidation sites excluding steroid dienone is 1. The van der Waals surface area contributed by atoms with Gasteiger partial charge in [-0.15, -0.1) is 0 Å². The average molecular weight is 613 g/mol. The largest absolute Gasteiger partial charge is 0.490 e. The third-order valence-electron chi connectivity index (χ3n) is 10.4. The van der Waals surface area contributed by atoms with Crippen LogP contribution in [0.25, 0.3) is 0 Å². The summed E-state index contributed by atoms with van der Waals surface area (Å²) in [4.78, 5) is 15.7. The average Bonchev–Trinajstić information content (AvgIpc) is 3.06. The predicted molar refractivity (Wildman–Crippen MR) is 166 cm³/mol. The molecule has 42 heavy (non-hydrogen) atoms. The molecular weight excluding hydrogens is 572 g/mol. The molecule has 2 aliphatic heterocycles. The molecule has 2 aliphatic carbocycles. The minimum absolute atomic E-state index is 0.0746. The maximum Gasteiger partial charge on any atom is 0.264 e. The normalized spacial score (nSPS) is 35.1. The Bertz CT molecular complexity index is 1520. The van der Waals surface area contributed by atoms with Crippen molar-refractivity contribution < 1.29 is 23.1 Å². The molecule has 1 spiro atoms. The zero-order valence-electron chi connectivity index (χ0n) is 24.6. The van der Waals surface area contributed by atoms with Crippen molar-refractivity contribution in [1.29, 1.82) is 0 Å². The smallest absolute Gasteiger partial charge is 0.264 e. The number of fused-ring (bicyclic) bond motifs is 4. The van der Waals surface area contributed by atoms with E-state index >= 15 is 0 Å². The summed E-state index contributed by atoms with van der Waals surface area (Å²) in [5.41, 5.74) is 2.30. The Balaban J connectivity index is 1.44. The second-order valence-electron chi connectivity index (χ2n) is 13.3. The Labute approximate surface area is 254 Å². The van der Waals surface area contributed by atoms with E-state index in [0.29, 0.717) is 31.9 Å². The van der Waals surface area contributed by atoms with Crippen LogP contribution in [0.2, 0.25) is 5.02 Å². The van der Waals surface area contributed by atoms with E-state index < -0.39 is 26.8 Å². The quantitative estimate of drug-likeness (QED) is 0.374. The molecule has 2 N–H and O–H groups in total. The molecule has 2 aromatic carbocycles. The van der Waals surface area contributed by atoms with Gasteiger partial charge in [0.2, 0.25) is 10.0 Å². The molecule has 7 nitrogen and oxygen atoms in total. The van der Waals surface area contributed by atoms with Gasteiger partial charge >= 0.3 is 0 Å². The molecule has 4 aliphatic rings. The summed E-state index contributed by atoms with van der Waals surface area (Å²) >= 11 is 6.39. The maximum atomic E-state index is 13.3. The third kappa shape index (κ3) is 5.35. The SMILES string of the molecule is C[C@@H]1[C@@H](C)C/C=C/[C@](C)(O)[C@@H]2CC[C@H]2CN2C[C@@]3(CCCc4cc(Cl)ccc43)COc3ccc(cc32)C(=O)NS1(=O)=O. The van der Waals surface area contributed by atoms with E-state index in [-0.39, 0.29) is 28.7 Å². The van der Waals surface area contributed by atoms with Crippen molar-refractivity contribution in [3.8, 4) is 5.75 Å². The molecule has 2 aromatic rings. The summed E-state index contributed by atoms with van der Waals surface area (Å²) in [5.74, 6) is 0.125. The van der Waals surface area contributed by atoms with Crippen molar-refractivity contribution >= 4 is 33.2 Å². The van der Waals surface area contributed by atoms with Gasteiger partial charge in [-0.2, -0.15) is 0 Å². The lowest BCUT2D eigenvalue weighted by Crippen LogP contribution is -2.51. The Morgan fingerprint density at radius 2 is 1.95 bits per heavy atom. The van der Waals surface area contributed by atoms with E-state index in [1.54, 1.807) is 25.1 Å². The zero-order valence-corrected chi connectivity index (χ0v) is 26.2. The van der Waals surface area contributed by atoms with E-state index in [0.717, 1.165) is 42.8 Å². The Kier molecular flexibility index (Phi) is 7.64. The van der Waals surface area contributed by atoms with Crippen LogP contribution >= 0.6 is 11.6 Å². The highest BCUT2D eigenvalue weighted by Gasteiger charge is 2.46. The summed E-state index contributed by atoms with van der Waals surface area (Å²) in [6, 6.07) is 11.4.